The van der Waals surface area contributed by atoms with E-state index in [1.165, 1.54) is 6.20 Å². The average molecular weight is 313 g/mol. The minimum absolute atomic E-state index is 0.308. The first kappa shape index (κ1) is 16.5. The lowest BCUT2D eigenvalue weighted by Gasteiger charge is -2.09. The number of carbonyl (C=O) groups excluding carboxylic acids is 1. The summed E-state index contributed by atoms with van der Waals surface area (Å²) >= 11 is 0. The Kier molecular flexibility index (Phi) is 5.30. The van der Waals surface area contributed by atoms with Crippen LogP contribution >= 0.6 is 0 Å². The number of nitrogens with zero attached hydrogens (tertiary/aromatic N) is 2. The summed E-state index contributed by atoms with van der Waals surface area (Å²) in [6.07, 6.45) is 1.52. The number of nitrogens with one attached hydrogen (secondary N) is 1. The van der Waals surface area contributed by atoms with Crippen molar-refractivity contribution in [1.29, 1.82) is 0 Å². The molecule has 1 aromatic carbocycles. The number of carbonyl (C=O) groups is 1. The van der Waals surface area contributed by atoms with Gasteiger partial charge in [0.05, 0.1) is 25.5 Å². The van der Waals surface area contributed by atoms with Gasteiger partial charge < -0.3 is 9.47 Å². The lowest BCUT2D eigenvalue weighted by atomic mass is 10.1. The number of ether oxygens (including phenoxy) is 2. The van der Waals surface area contributed by atoms with E-state index in [1.807, 2.05) is 13.0 Å². The Bertz CT molecular complexity index is 724. The summed E-state index contributed by atoms with van der Waals surface area (Å²) in [5, 5.41) is 4.12. The summed E-state index contributed by atoms with van der Waals surface area (Å²) in [7, 11) is 3.15. The first-order valence-corrected chi connectivity index (χ1v) is 7.05. The predicted octanol–water partition coefficient (Wildman–Crippen LogP) is 2.56. The highest BCUT2D eigenvalue weighted by Gasteiger charge is 2.08. The van der Waals surface area contributed by atoms with Crippen molar-refractivity contribution in [2.45, 2.75) is 13.8 Å². The van der Waals surface area contributed by atoms with E-state index in [9.17, 15) is 4.79 Å². The minimum atomic E-state index is -0.308. The van der Waals surface area contributed by atoms with E-state index in [2.05, 4.69) is 15.5 Å². The molecule has 0 fully saturated rings. The van der Waals surface area contributed by atoms with Crippen LogP contribution in [0.4, 0.5) is 0 Å². The lowest BCUT2D eigenvalue weighted by molar-refractivity contribution is 0.0954. The van der Waals surface area contributed by atoms with Crippen LogP contribution in [0.25, 0.3) is 0 Å². The Balaban J connectivity index is 2.13. The normalized spacial score (nSPS) is 11.0. The van der Waals surface area contributed by atoms with Gasteiger partial charge in [-0.25, -0.2) is 5.43 Å². The minimum Gasteiger partial charge on any atom is -0.493 e. The molecule has 1 aromatic heterocycles. The highest BCUT2D eigenvalue weighted by molar-refractivity contribution is 6.01. The van der Waals surface area contributed by atoms with Crippen LogP contribution < -0.4 is 14.9 Å². The van der Waals surface area contributed by atoms with Crippen LogP contribution in [-0.2, 0) is 0 Å². The van der Waals surface area contributed by atoms with Crippen LogP contribution in [0.2, 0.25) is 0 Å². The molecule has 6 nitrogen and oxygen atoms in total. The van der Waals surface area contributed by atoms with Gasteiger partial charge in [-0.15, -0.1) is 0 Å². The van der Waals surface area contributed by atoms with E-state index in [0.717, 1.165) is 11.3 Å². The fourth-order valence-corrected chi connectivity index (χ4v) is 1.93. The summed E-state index contributed by atoms with van der Waals surface area (Å²) in [5.74, 6) is 0.935. The fourth-order valence-electron chi connectivity index (χ4n) is 1.93. The number of aromatic nitrogens is 1. The maximum Gasteiger partial charge on any atom is 0.272 e. The number of hydrazone groups is 1. The number of rotatable bonds is 5. The molecule has 0 spiro atoms. The lowest BCUT2D eigenvalue weighted by Crippen LogP contribution is -2.19. The Hall–Kier alpha value is -2.89. The van der Waals surface area contributed by atoms with Crippen molar-refractivity contribution < 1.29 is 14.3 Å². The second kappa shape index (κ2) is 7.40. The van der Waals surface area contributed by atoms with Gasteiger partial charge in [0.1, 0.15) is 0 Å². The zero-order chi connectivity index (χ0) is 16.8. The first-order chi connectivity index (χ1) is 11.0. The highest BCUT2D eigenvalue weighted by Crippen LogP contribution is 2.27. The quantitative estimate of drug-likeness (QED) is 0.680. The Labute approximate surface area is 135 Å². The van der Waals surface area contributed by atoms with E-state index in [-0.39, 0.29) is 5.91 Å². The van der Waals surface area contributed by atoms with Crippen LogP contribution in [0.15, 0.2) is 41.6 Å². The monoisotopic (exact) mass is 313 g/mol. The molecule has 1 N–H and O–H groups in total. The van der Waals surface area contributed by atoms with Crippen molar-refractivity contribution >= 4 is 11.6 Å². The maximum absolute atomic E-state index is 12.0. The Morgan fingerprint density at radius 1 is 1.09 bits per heavy atom. The van der Waals surface area contributed by atoms with Crippen LogP contribution in [0.1, 0.15) is 28.5 Å². The van der Waals surface area contributed by atoms with Crippen LogP contribution in [0.5, 0.6) is 11.5 Å². The highest BCUT2D eigenvalue weighted by atomic mass is 16.5. The fraction of sp³-hybridized carbons (Fsp3) is 0.235. The molecule has 0 aliphatic carbocycles. The summed E-state index contributed by atoms with van der Waals surface area (Å²) in [5.41, 5.74) is 5.31. The zero-order valence-electron chi connectivity index (χ0n) is 13.6. The Morgan fingerprint density at radius 3 is 2.39 bits per heavy atom. The number of pyridine rings is 1. The molecule has 0 unspecified atom stereocenters. The molecule has 0 bridgehead atoms. The van der Waals surface area contributed by atoms with E-state index >= 15 is 0 Å². The van der Waals surface area contributed by atoms with Crippen molar-refractivity contribution in [3.05, 3.63) is 53.3 Å². The van der Waals surface area contributed by atoms with Gasteiger partial charge in [-0.3, -0.25) is 9.78 Å². The molecule has 0 radical (unpaired) electrons. The van der Waals surface area contributed by atoms with Gasteiger partial charge >= 0.3 is 0 Å². The molecule has 0 aliphatic heterocycles. The van der Waals surface area contributed by atoms with Crippen molar-refractivity contribution in [2.75, 3.05) is 14.2 Å². The van der Waals surface area contributed by atoms with Crippen molar-refractivity contribution in [1.82, 2.24) is 10.4 Å². The van der Waals surface area contributed by atoms with Crippen molar-refractivity contribution in [2.24, 2.45) is 5.10 Å². The van der Waals surface area contributed by atoms with Gasteiger partial charge in [0, 0.05) is 17.5 Å². The van der Waals surface area contributed by atoms with Gasteiger partial charge in [0.25, 0.3) is 5.91 Å². The first-order valence-electron chi connectivity index (χ1n) is 7.05. The summed E-state index contributed by atoms with van der Waals surface area (Å²) in [4.78, 5) is 16.1. The smallest absolute Gasteiger partial charge is 0.272 e. The molecule has 0 saturated carbocycles. The van der Waals surface area contributed by atoms with Crippen molar-refractivity contribution in [3.63, 3.8) is 0 Å². The second-order valence-electron chi connectivity index (χ2n) is 4.90. The average Bonchev–Trinajstić information content (AvgIpc) is 2.59. The standard InChI is InChI=1S/C17H19N3O3/c1-11-5-6-14(10-18-11)17(21)20-19-12(2)13-7-8-15(22-3)16(9-13)23-4/h5-10H,1-4H3,(H,20,21). The number of aryl methyl sites for hydroxylation is 1. The molecule has 23 heavy (non-hydrogen) atoms. The molecule has 2 rings (SSSR count). The number of methoxy groups -OCH3 is 2. The number of amides is 1. The van der Waals surface area contributed by atoms with E-state index in [4.69, 9.17) is 9.47 Å². The van der Waals surface area contributed by atoms with Crippen LogP contribution in [0.3, 0.4) is 0 Å². The van der Waals surface area contributed by atoms with Gasteiger partial charge in [-0.2, -0.15) is 5.10 Å². The molecule has 1 amide bonds. The molecule has 6 heteroatoms. The zero-order valence-corrected chi connectivity index (χ0v) is 13.6. The maximum atomic E-state index is 12.0. The van der Waals surface area contributed by atoms with E-state index < -0.39 is 0 Å². The van der Waals surface area contributed by atoms with E-state index in [0.29, 0.717) is 22.8 Å². The van der Waals surface area contributed by atoms with Crippen molar-refractivity contribution in [3.8, 4) is 11.5 Å². The molecule has 0 atom stereocenters. The SMILES string of the molecule is COc1ccc(C(C)=NNC(=O)c2ccc(C)nc2)cc1OC. The molecule has 120 valence electrons. The largest absolute Gasteiger partial charge is 0.493 e. The van der Waals surface area contributed by atoms with Crippen LogP contribution in [0, 0.1) is 6.92 Å². The number of hydrogen-bond acceptors (Lipinski definition) is 5. The Morgan fingerprint density at radius 2 is 1.78 bits per heavy atom. The third kappa shape index (κ3) is 4.06. The molecular weight excluding hydrogens is 294 g/mol. The van der Waals surface area contributed by atoms with Gasteiger partial charge in [0.15, 0.2) is 11.5 Å². The van der Waals surface area contributed by atoms with Gasteiger partial charge in [-0.05, 0) is 44.2 Å². The number of benzene rings is 1. The molecule has 0 aliphatic rings. The third-order valence-corrected chi connectivity index (χ3v) is 3.30. The molecule has 1 heterocycles. The molecule has 0 saturated heterocycles. The number of hydrogen-bond donors (Lipinski definition) is 1. The molecular formula is C17H19N3O3. The topological polar surface area (TPSA) is 72.8 Å². The van der Waals surface area contributed by atoms with E-state index in [1.54, 1.807) is 45.4 Å². The third-order valence-electron chi connectivity index (χ3n) is 3.30. The predicted molar refractivity (Wildman–Crippen MR) is 88.2 cm³/mol. The van der Waals surface area contributed by atoms with Gasteiger partial charge in [0.2, 0.25) is 0 Å². The summed E-state index contributed by atoms with van der Waals surface area (Å²) < 4.78 is 10.5. The summed E-state index contributed by atoms with van der Waals surface area (Å²) in [6.45, 7) is 3.66. The second-order valence-corrected chi connectivity index (χ2v) is 4.90. The molecule has 2 aromatic rings. The van der Waals surface area contributed by atoms with Gasteiger partial charge in [-0.1, -0.05) is 0 Å². The summed E-state index contributed by atoms with van der Waals surface area (Å²) in [6, 6.07) is 8.93. The van der Waals surface area contributed by atoms with Crippen LogP contribution in [-0.4, -0.2) is 30.8 Å².